The van der Waals surface area contributed by atoms with Crippen molar-refractivity contribution in [1.82, 2.24) is 14.8 Å². The van der Waals surface area contributed by atoms with Crippen molar-refractivity contribution in [2.24, 2.45) is 0 Å². The van der Waals surface area contributed by atoms with Crippen LogP contribution in [0.2, 0.25) is 0 Å². The minimum atomic E-state index is -4.38. The predicted octanol–water partition coefficient (Wildman–Crippen LogP) is 3.66. The third kappa shape index (κ3) is 2.92. The molecule has 4 nitrogen and oxygen atoms in total. The maximum atomic E-state index is 12.6. The molecule has 0 amide bonds. The van der Waals surface area contributed by atoms with Gasteiger partial charge in [0.05, 0.1) is 17.0 Å². The first kappa shape index (κ1) is 14.1. The molecular formula is C14H14F3N3O. The molecule has 2 aromatic heterocycles. The number of alkyl halides is 3. The average Bonchev–Trinajstić information content (AvgIpc) is 2.97. The highest BCUT2D eigenvalue weighted by Crippen LogP contribution is 2.31. The Kier molecular flexibility index (Phi) is 3.67. The summed E-state index contributed by atoms with van der Waals surface area (Å²) in [4.78, 5) is 3.91. The molecule has 1 aliphatic rings. The Hall–Kier alpha value is -1.89. The molecule has 0 aliphatic carbocycles. The van der Waals surface area contributed by atoms with Gasteiger partial charge in [-0.05, 0) is 37.5 Å². The van der Waals surface area contributed by atoms with Crippen molar-refractivity contribution in [3.8, 4) is 11.4 Å². The summed E-state index contributed by atoms with van der Waals surface area (Å²) in [5.74, 6) is 0. The zero-order valence-electron chi connectivity index (χ0n) is 11.2. The zero-order chi connectivity index (χ0) is 14.9. The molecule has 0 radical (unpaired) electrons. The number of rotatable bonds is 2. The predicted molar refractivity (Wildman–Crippen MR) is 69.3 cm³/mol. The monoisotopic (exact) mass is 297 g/mol. The fraction of sp³-hybridized carbons (Fsp3) is 0.429. The Morgan fingerprint density at radius 2 is 2.05 bits per heavy atom. The summed E-state index contributed by atoms with van der Waals surface area (Å²) in [6, 6.07) is 4.12. The molecule has 21 heavy (non-hydrogen) atoms. The fourth-order valence-electron chi connectivity index (χ4n) is 2.38. The van der Waals surface area contributed by atoms with Gasteiger partial charge in [-0.2, -0.15) is 18.3 Å². The molecule has 0 spiro atoms. The Labute approximate surface area is 119 Å². The Morgan fingerprint density at radius 3 is 2.67 bits per heavy atom. The Bertz CT molecular complexity index is 601. The van der Waals surface area contributed by atoms with E-state index < -0.39 is 11.7 Å². The third-order valence-corrected chi connectivity index (χ3v) is 3.45. The molecule has 3 heterocycles. The lowest BCUT2D eigenvalue weighted by Gasteiger charge is -2.24. The molecule has 1 atom stereocenters. The van der Waals surface area contributed by atoms with E-state index in [9.17, 15) is 13.2 Å². The van der Waals surface area contributed by atoms with Crippen LogP contribution in [0, 0.1) is 0 Å². The van der Waals surface area contributed by atoms with Crippen molar-refractivity contribution in [3.63, 3.8) is 0 Å². The van der Waals surface area contributed by atoms with Gasteiger partial charge in [0, 0.05) is 19.0 Å². The van der Waals surface area contributed by atoms with Crippen molar-refractivity contribution in [2.75, 3.05) is 6.61 Å². The second-order valence-corrected chi connectivity index (χ2v) is 4.91. The van der Waals surface area contributed by atoms with Crippen LogP contribution < -0.4 is 0 Å². The van der Waals surface area contributed by atoms with Crippen LogP contribution in [0.15, 0.2) is 30.6 Å². The van der Waals surface area contributed by atoms with Gasteiger partial charge in [-0.3, -0.25) is 4.98 Å². The van der Waals surface area contributed by atoms with E-state index in [0.717, 1.165) is 31.5 Å². The van der Waals surface area contributed by atoms with Crippen molar-refractivity contribution in [3.05, 3.63) is 36.2 Å². The van der Waals surface area contributed by atoms with E-state index in [1.807, 2.05) is 0 Å². The van der Waals surface area contributed by atoms with Crippen LogP contribution in [-0.4, -0.2) is 21.4 Å². The van der Waals surface area contributed by atoms with Crippen LogP contribution >= 0.6 is 0 Å². The van der Waals surface area contributed by atoms with Crippen LogP contribution in [0.25, 0.3) is 11.4 Å². The van der Waals surface area contributed by atoms with Gasteiger partial charge in [0.2, 0.25) is 0 Å². The summed E-state index contributed by atoms with van der Waals surface area (Å²) < 4.78 is 45.0. The quantitative estimate of drug-likeness (QED) is 0.849. The highest BCUT2D eigenvalue weighted by Gasteiger charge is 2.31. The maximum Gasteiger partial charge on any atom is 0.417 e. The minimum Gasteiger partial charge on any atom is -0.356 e. The number of ether oxygens (including phenoxy) is 1. The molecule has 7 heteroatoms. The second kappa shape index (κ2) is 5.48. The molecule has 0 aromatic carbocycles. The summed E-state index contributed by atoms with van der Waals surface area (Å²) in [6.07, 6.45) is 0.804. The Morgan fingerprint density at radius 1 is 1.19 bits per heavy atom. The zero-order valence-corrected chi connectivity index (χ0v) is 11.2. The van der Waals surface area contributed by atoms with Gasteiger partial charge < -0.3 is 4.74 Å². The van der Waals surface area contributed by atoms with E-state index >= 15 is 0 Å². The van der Waals surface area contributed by atoms with Crippen LogP contribution in [-0.2, 0) is 10.9 Å². The molecule has 1 fully saturated rings. The number of hydrogen-bond acceptors (Lipinski definition) is 3. The van der Waals surface area contributed by atoms with Crippen LogP contribution in [0.1, 0.15) is 31.1 Å². The molecule has 0 saturated carbocycles. The lowest BCUT2D eigenvalue weighted by atomic mass is 10.1. The molecule has 1 saturated heterocycles. The summed E-state index contributed by atoms with van der Waals surface area (Å²) in [6.45, 7) is 0.671. The average molecular weight is 297 g/mol. The summed E-state index contributed by atoms with van der Waals surface area (Å²) in [5, 5.41) is 4.22. The van der Waals surface area contributed by atoms with Crippen molar-refractivity contribution in [2.45, 2.75) is 31.7 Å². The number of nitrogens with zero attached hydrogens (tertiary/aromatic N) is 3. The SMILES string of the molecule is FC(F)(F)c1ccc(-c2ccnn2C2CCCCO2)nc1. The first-order valence-electron chi connectivity index (χ1n) is 6.74. The fourth-order valence-corrected chi connectivity index (χ4v) is 2.38. The van der Waals surface area contributed by atoms with Gasteiger partial charge in [-0.25, -0.2) is 4.68 Å². The molecule has 2 aromatic rings. The smallest absolute Gasteiger partial charge is 0.356 e. The van der Waals surface area contributed by atoms with Gasteiger partial charge in [0.25, 0.3) is 0 Å². The van der Waals surface area contributed by atoms with E-state index in [4.69, 9.17) is 4.74 Å². The van der Waals surface area contributed by atoms with E-state index in [1.54, 1.807) is 16.9 Å². The van der Waals surface area contributed by atoms with Crippen molar-refractivity contribution in [1.29, 1.82) is 0 Å². The van der Waals surface area contributed by atoms with E-state index in [-0.39, 0.29) is 6.23 Å². The molecule has 112 valence electrons. The van der Waals surface area contributed by atoms with Gasteiger partial charge in [-0.15, -0.1) is 0 Å². The molecule has 0 N–H and O–H groups in total. The van der Waals surface area contributed by atoms with Crippen molar-refractivity contribution >= 4 is 0 Å². The van der Waals surface area contributed by atoms with Gasteiger partial charge in [0.15, 0.2) is 6.23 Å². The lowest BCUT2D eigenvalue weighted by Crippen LogP contribution is -2.20. The van der Waals surface area contributed by atoms with E-state index in [1.165, 1.54) is 6.07 Å². The lowest BCUT2D eigenvalue weighted by molar-refractivity contribution is -0.137. The summed E-state index contributed by atoms with van der Waals surface area (Å²) in [7, 11) is 0. The highest BCUT2D eigenvalue weighted by atomic mass is 19.4. The highest BCUT2D eigenvalue weighted by molar-refractivity contribution is 5.54. The number of halogens is 3. The van der Waals surface area contributed by atoms with Crippen LogP contribution in [0.5, 0.6) is 0 Å². The second-order valence-electron chi connectivity index (χ2n) is 4.91. The summed E-state index contributed by atoms with van der Waals surface area (Å²) >= 11 is 0. The topological polar surface area (TPSA) is 39.9 Å². The minimum absolute atomic E-state index is 0.173. The molecule has 3 rings (SSSR count). The van der Waals surface area contributed by atoms with Crippen LogP contribution in [0.4, 0.5) is 13.2 Å². The van der Waals surface area contributed by atoms with Crippen LogP contribution in [0.3, 0.4) is 0 Å². The third-order valence-electron chi connectivity index (χ3n) is 3.45. The molecule has 0 bridgehead atoms. The van der Waals surface area contributed by atoms with E-state index in [0.29, 0.717) is 18.0 Å². The number of pyridine rings is 1. The molecular weight excluding hydrogens is 283 g/mol. The first-order valence-corrected chi connectivity index (χ1v) is 6.74. The molecule has 1 unspecified atom stereocenters. The Balaban J connectivity index is 1.89. The molecule has 1 aliphatic heterocycles. The normalized spacial score (nSPS) is 19.7. The standard InChI is InChI=1S/C14H14F3N3O/c15-14(16,17)10-4-5-11(18-9-10)12-6-7-19-20(12)13-3-1-2-8-21-13/h4-7,9,13H,1-3,8H2. The van der Waals surface area contributed by atoms with Crippen molar-refractivity contribution < 1.29 is 17.9 Å². The maximum absolute atomic E-state index is 12.6. The first-order chi connectivity index (χ1) is 10.1. The van der Waals surface area contributed by atoms with Gasteiger partial charge in [-0.1, -0.05) is 0 Å². The van der Waals surface area contributed by atoms with Gasteiger partial charge >= 0.3 is 6.18 Å². The number of hydrogen-bond donors (Lipinski definition) is 0. The summed E-state index contributed by atoms with van der Waals surface area (Å²) in [5.41, 5.74) is 0.358. The number of aromatic nitrogens is 3. The van der Waals surface area contributed by atoms with E-state index in [2.05, 4.69) is 10.1 Å². The van der Waals surface area contributed by atoms with Gasteiger partial charge in [0.1, 0.15) is 0 Å². The largest absolute Gasteiger partial charge is 0.417 e.